The molecule has 3 heterocycles. The van der Waals surface area contributed by atoms with E-state index >= 15 is 0 Å². The molecule has 0 aliphatic carbocycles. The Kier molecular flexibility index (Phi) is 8.62. The number of pyridine rings is 1. The highest BCUT2D eigenvalue weighted by molar-refractivity contribution is 5.99. The molecule has 2 N–H and O–H groups in total. The molecule has 130 valence electrons. The number of piperidine rings is 1. The molecule has 2 aliphatic rings. The van der Waals surface area contributed by atoms with Crippen LogP contribution in [0.1, 0.15) is 23.2 Å². The van der Waals surface area contributed by atoms with E-state index in [1.807, 2.05) is 12.1 Å². The molecule has 23 heavy (non-hydrogen) atoms. The van der Waals surface area contributed by atoms with Crippen LogP contribution in [-0.2, 0) is 4.74 Å². The third-order valence-corrected chi connectivity index (χ3v) is 4.02. The first kappa shape index (κ1) is 20.0. The fourth-order valence-electron chi connectivity index (χ4n) is 2.83. The van der Waals surface area contributed by atoms with E-state index in [1.54, 1.807) is 6.20 Å². The summed E-state index contributed by atoms with van der Waals surface area (Å²) in [5.74, 6) is 0.753. The van der Waals surface area contributed by atoms with E-state index in [4.69, 9.17) is 4.74 Å². The van der Waals surface area contributed by atoms with Crippen LogP contribution in [0.15, 0.2) is 18.3 Å². The first-order chi connectivity index (χ1) is 10.3. The normalized spacial score (nSPS) is 18.5. The number of ether oxygens (including phenoxy) is 1. The monoisotopic (exact) mass is 362 g/mol. The van der Waals surface area contributed by atoms with Crippen LogP contribution in [0.2, 0.25) is 0 Å². The SMILES string of the molecule is Cl.Cl.O=C(NC1CCNCC1)c1cccnc1N1CCOCC1. The van der Waals surface area contributed by atoms with Gasteiger partial charge in [-0.2, -0.15) is 0 Å². The Balaban J connectivity index is 0.00000132. The number of carbonyl (C=O) groups excluding carboxylic acids is 1. The summed E-state index contributed by atoms with van der Waals surface area (Å²) in [4.78, 5) is 19.1. The molecule has 1 aromatic rings. The Morgan fingerprint density at radius 1 is 1.26 bits per heavy atom. The topological polar surface area (TPSA) is 66.5 Å². The molecule has 6 nitrogen and oxygen atoms in total. The standard InChI is InChI=1S/C15H22N4O2.2ClH/c20-15(18-12-3-6-16-7-4-12)13-2-1-5-17-14(13)19-8-10-21-11-9-19;;/h1-2,5,12,16H,3-4,6-11H2,(H,18,20);2*1H. The molecule has 0 saturated carbocycles. The highest BCUT2D eigenvalue weighted by atomic mass is 35.5. The fourth-order valence-corrected chi connectivity index (χ4v) is 2.83. The second-order valence-electron chi connectivity index (χ2n) is 5.47. The zero-order valence-electron chi connectivity index (χ0n) is 13.0. The summed E-state index contributed by atoms with van der Waals surface area (Å²) in [5.41, 5.74) is 0.665. The van der Waals surface area contributed by atoms with Crippen molar-refractivity contribution < 1.29 is 9.53 Å². The molecule has 0 bridgehead atoms. The van der Waals surface area contributed by atoms with Crippen molar-refractivity contribution in [1.29, 1.82) is 0 Å². The largest absolute Gasteiger partial charge is 0.378 e. The Morgan fingerprint density at radius 2 is 1.96 bits per heavy atom. The zero-order valence-corrected chi connectivity index (χ0v) is 14.6. The Labute approximate surface area is 149 Å². The first-order valence-corrected chi connectivity index (χ1v) is 7.64. The lowest BCUT2D eigenvalue weighted by Crippen LogP contribution is -2.43. The van der Waals surface area contributed by atoms with E-state index in [-0.39, 0.29) is 36.8 Å². The van der Waals surface area contributed by atoms with Gasteiger partial charge in [0.1, 0.15) is 5.82 Å². The van der Waals surface area contributed by atoms with Gasteiger partial charge in [0.15, 0.2) is 0 Å². The van der Waals surface area contributed by atoms with E-state index < -0.39 is 0 Å². The smallest absolute Gasteiger partial charge is 0.255 e. The number of rotatable bonds is 3. The number of hydrogen-bond donors (Lipinski definition) is 2. The molecular weight excluding hydrogens is 339 g/mol. The van der Waals surface area contributed by atoms with Gasteiger partial charge in [-0.3, -0.25) is 4.79 Å². The highest BCUT2D eigenvalue weighted by Crippen LogP contribution is 2.19. The van der Waals surface area contributed by atoms with Gasteiger partial charge in [0.05, 0.1) is 18.8 Å². The minimum absolute atomic E-state index is 0. The zero-order chi connectivity index (χ0) is 14.5. The third-order valence-electron chi connectivity index (χ3n) is 4.02. The average molecular weight is 363 g/mol. The maximum atomic E-state index is 12.5. The molecule has 0 atom stereocenters. The van der Waals surface area contributed by atoms with E-state index in [0.29, 0.717) is 18.8 Å². The summed E-state index contributed by atoms with van der Waals surface area (Å²) in [7, 11) is 0. The number of amides is 1. The summed E-state index contributed by atoms with van der Waals surface area (Å²) in [6.07, 6.45) is 3.71. The van der Waals surface area contributed by atoms with Crippen molar-refractivity contribution in [1.82, 2.24) is 15.6 Å². The molecule has 0 spiro atoms. The second kappa shape index (κ2) is 9.93. The molecule has 1 amide bonds. The maximum Gasteiger partial charge on any atom is 0.255 e. The molecule has 8 heteroatoms. The van der Waals surface area contributed by atoms with Crippen LogP contribution in [-0.4, -0.2) is 56.3 Å². The van der Waals surface area contributed by atoms with Crippen LogP contribution in [0.3, 0.4) is 0 Å². The number of carbonyl (C=O) groups is 1. The summed E-state index contributed by atoms with van der Waals surface area (Å²) in [6, 6.07) is 3.94. The van der Waals surface area contributed by atoms with Crippen molar-refractivity contribution in [2.45, 2.75) is 18.9 Å². The minimum atomic E-state index is -0.0171. The summed E-state index contributed by atoms with van der Waals surface area (Å²) < 4.78 is 5.37. The average Bonchev–Trinajstić information content (AvgIpc) is 2.56. The van der Waals surface area contributed by atoms with Crippen molar-refractivity contribution in [3.63, 3.8) is 0 Å². The molecule has 2 fully saturated rings. The summed E-state index contributed by atoms with van der Waals surface area (Å²) in [5, 5.41) is 6.44. The number of nitrogens with zero attached hydrogens (tertiary/aromatic N) is 2. The molecule has 2 aliphatic heterocycles. The van der Waals surface area contributed by atoms with Crippen molar-refractivity contribution >= 4 is 36.5 Å². The quantitative estimate of drug-likeness (QED) is 0.846. The maximum absolute atomic E-state index is 12.5. The van der Waals surface area contributed by atoms with Gasteiger partial charge in [-0.15, -0.1) is 24.8 Å². The highest BCUT2D eigenvalue weighted by Gasteiger charge is 2.22. The van der Waals surface area contributed by atoms with Crippen molar-refractivity contribution in [2.75, 3.05) is 44.3 Å². The van der Waals surface area contributed by atoms with Gasteiger partial charge in [0, 0.05) is 25.3 Å². The van der Waals surface area contributed by atoms with Gasteiger partial charge in [-0.1, -0.05) is 0 Å². The number of nitrogens with one attached hydrogen (secondary N) is 2. The van der Waals surface area contributed by atoms with Crippen molar-refractivity contribution in [3.05, 3.63) is 23.9 Å². The predicted molar refractivity (Wildman–Crippen MR) is 95.1 cm³/mol. The minimum Gasteiger partial charge on any atom is -0.378 e. The number of hydrogen-bond acceptors (Lipinski definition) is 5. The van der Waals surface area contributed by atoms with Gasteiger partial charge >= 0.3 is 0 Å². The van der Waals surface area contributed by atoms with Gasteiger partial charge < -0.3 is 20.3 Å². The van der Waals surface area contributed by atoms with E-state index in [1.165, 1.54) is 0 Å². The Hall–Kier alpha value is -1.08. The predicted octanol–water partition coefficient (Wildman–Crippen LogP) is 1.24. The molecule has 0 unspecified atom stereocenters. The van der Waals surface area contributed by atoms with Gasteiger partial charge in [-0.05, 0) is 38.1 Å². The van der Waals surface area contributed by atoms with Gasteiger partial charge in [0.2, 0.25) is 0 Å². The Bertz CT molecular complexity index is 492. The van der Waals surface area contributed by atoms with Crippen LogP contribution in [0.5, 0.6) is 0 Å². The lowest BCUT2D eigenvalue weighted by atomic mass is 10.1. The number of anilines is 1. The van der Waals surface area contributed by atoms with Crippen molar-refractivity contribution in [3.8, 4) is 0 Å². The van der Waals surface area contributed by atoms with Crippen LogP contribution in [0.25, 0.3) is 0 Å². The van der Waals surface area contributed by atoms with Crippen LogP contribution < -0.4 is 15.5 Å². The van der Waals surface area contributed by atoms with E-state index in [2.05, 4.69) is 20.5 Å². The fraction of sp³-hybridized carbons (Fsp3) is 0.600. The second-order valence-corrected chi connectivity index (χ2v) is 5.47. The molecule has 3 rings (SSSR count). The number of morpholine rings is 1. The lowest BCUT2D eigenvalue weighted by Gasteiger charge is -2.30. The first-order valence-electron chi connectivity index (χ1n) is 7.64. The lowest BCUT2D eigenvalue weighted by molar-refractivity contribution is 0.0927. The van der Waals surface area contributed by atoms with Crippen LogP contribution in [0, 0.1) is 0 Å². The van der Waals surface area contributed by atoms with E-state index in [0.717, 1.165) is 44.8 Å². The number of aromatic nitrogens is 1. The van der Waals surface area contributed by atoms with Crippen LogP contribution in [0.4, 0.5) is 5.82 Å². The molecule has 0 radical (unpaired) electrons. The molecule has 2 saturated heterocycles. The summed E-state index contributed by atoms with van der Waals surface area (Å²) in [6.45, 7) is 4.87. The summed E-state index contributed by atoms with van der Waals surface area (Å²) >= 11 is 0. The van der Waals surface area contributed by atoms with Crippen molar-refractivity contribution in [2.24, 2.45) is 0 Å². The molecule has 0 aromatic carbocycles. The van der Waals surface area contributed by atoms with Gasteiger partial charge in [-0.25, -0.2) is 4.98 Å². The molecular formula is C15H24Cl2N4O2. The molecule has 1 aromatic heterocycles. The van der Waals surface area contributed by atoms with E-state index in [9.17, 15) is 4.79 Å². The Morgan fingerprint density at radius 3 is 2.65 bits per heavy atom. The number of halogens is 2. The van der Waals surface area contributed by atoms with Crippen LogP contribution >= 0.6 is 24.8 Å². The third kappa shape index (κ3) is 5.21. The van der Waals surface area contributed by atoms with Gasteiger partial charge in [0.25, 0.3) is 5.91 Å².